The maximum atomic E-state index is 13.6. The van der Waals surface area contributed by atoms with Crippen molar-refractivity contribution in [3.63, 3.8) is 0 Å². The highest BCUT2D eigenvalue weighted by atomic mass is 16.7. The van der Waals surface area contributed by atoms with Gasteiger partial charge in [-0.05, 0) is 65.5 Å². The third-order valence-electron chi connectivity index (χ3n) is 5.96. The number of Topliss-reactive ketones (excluding diaryl/α,β-unsaturated/α-hetero) is 4. The minimum absolute atomic E-state index is 0.166. The molecule has 224 valence electrons. The molecular weight excluding hydrogens is 536 g/mol. The van der Waals surface area contributed by atoms with E-state index in [0.29, 0.717) is 0 Å². The molecule has 2 atom stereocenters. The average Bonchev–Trinajstić information content (AvgIpc) is 2.96. The van der Waals surface area contributed by atoms with Gasteiger partial charge in [0, 0.05) is 12.4 Å². The first-order chi connectivity index (χ1) is 19.7. The molecular formula is C32H40N4O6. The zero-order chi connectivity index (χ0) is 30.9. The van der Waals surface area contributed by atoms with Crippen molar-refractivity contribution in [1.82, 2.24) is 21.8 Å². The normalized spacial score (nSPS) is 14.9. The standard InChI is InChI=1S/C32H40N4O6/c1-31(2,3)41-35-25(17-21-13-9-7-10-14-21)29(39)27(37)23-19-33-34-20-24(23)28(38)30(40)26(36-42-32(4,5)6)18-22-15-11-8-12-16-22/h7-16,19-20,25-26,33-36H,17-18H2,1-6H3/t25-,26-/m0/s1. The number of hydrazine groups is 1. The molecule has 1 aliphatic rings. The fourth-order valence-electron chi connectivity index (χ4n) is 3.91. The second-order valence-corrected chi connectivity index (χ2v) is 11.9. The molecule has 0 bridgehead atoms. The monoisotopic (exact) mass is 576 g/mol. The maximum absolute atomic E-state index is 13.6. The quantitative estimate of drug-likeness (QED) is 0.196. The molecule has 0 amide bonds. The van der Waals surface area contributed by atoms with Crippen molar-refractivity contribution in [2.45, 2.75) is 77.7 Å². The van der Waals surface area contributed by atoms with Crippen LogP contribution in [0, 0.1) is 0 Å². The lowest BCUT2D eigenvalue weighted by Gasteiger charge is -2.26. The van der Waals surface area contributed by atoms with Crippen LogP contribution in [-0.4, -0.2) is 46.4 Å². The maximum Gasteiger partial charge on any atom is 0.232 e. The first kappa shape index (κ1) is 32.6. The molecule has 2 aromatic carbocycles. The first-order valence-corrected chi connectivity index (χ1v) is 13.8. The molecule has 0 saturated carbocycles. The number of hydrogen-bond acceptors (Lipinski definition) is 10. The van der Waals surface area contributed by atoms with E-state index in [2.05, 4.69) is 21.8 Å². The van der Waals surface area contributed by atoms with Crippen LogP contribution in [0.1, 0.15) is 52.7 Å². The van der Waals surface area contributed by atoms with Gasteiger partial charge < -0.3 is 10.9 Å². The van der Waals surface area contributed by atoms with E-state index in [-0.39, 0.29) is 24.0 Å². The van der Waals surface area contributed by atoms with Crippen LogP contribution in [0.3, 0.4) is 0 Å². The number of allylic oxidation sites excluding steroid dienone is 2. The molecule has 1 aliphatic heterocycles. The molecule has 0 spiro atoms. The first-order valence-electron chi connectivity index (χ1n) is 13.8. The number of carbonyl (C=O) groups is 4. The summed E-state index contributed by atoms with van der Waals surface area (Å²) in [4.78, 5) is 65.6. The molecule has 0 saturated heterocycles. The molecule has 0 fully saturated rings. The van der Waals surface area contributed by atoms with Crippen molar-refractivity contribution in [3.8, 4) is 0 Å². The Morgan fingerprint density at radius 3 is 1.26 bits per heavy atom. The summed E-state index contributed by atoms with van der Waals surface area (Å²) in [5.41, 5.74) is 10.6. The van der Waals surface area contributed by atoms with Gasteiger partial charge in [-0.15, -0.1) is 0 Å². The van der Waals surface area contributed by atoms with E-state index in [4.69, 9.17) is 9.68 Å². The smallest absolute Gasteiger partial charge is 0.232 e. The van der Waals surface area contributed by atoms with Crippen LogP contribution in [0.5, 0.6) is 0 Å². The number of benzene rings is 2. The lowest BCUT2D eigenvalue weighted by atomic mass is 9.89. The Bertz CT molecular complexity index is 1220. The van der Waals surface area contributed by atoms with E-state index in [1.165, 1.54) is 12.4 Å². The van der Waals surface area contributed by atoms with E-state index in [9.17, 15) is 19.2 Å². The van der Waals surface area contributed by atoms with E-state index in [1.54, 1.807) is 41.5 Å². The number of hydrogen-bond donors (Lipinski definition) is 4. The van der Waals surface area contributed by atoms with Gasteiger partial charge >= 0.3 is 0 Å². The van der Waals surface area contributed by atoms with Crippen LogP contribution in [-0.2, 0) is 41.7 Å². The van der Waals surface area contributed by atoms with Crippen LogP contribution in [0.2, 0.25) is 0 Å². The van der Waals surface area contributed by atoms with Crippen LogP contribution < -0.4 is 21.8 Å². The molecule has 3 rings (SSSR count). The molecule has 0 aliphatic carbocycles. The lowest BCUT2D eigenvalue weighted by molar-refractivity contribution is -0.143. The predicted octanol–water partition coefficient (Wildman–Crippen LogP) is 3.00. The highest BCUT2D eigenvalue weighted by Crippen LogP contribution is 2.19. The Kier molecular flexibility index (Phi) is 11.1. The van der Waals surface area contributed by atoms with Crippen molar-refractivity contribution >= 4 is 23.1 Å². The van der Waals surface area contributed by atoms with E-state index in [0.717, 1.165) is 11.1 Å². The molecule has 10 nitrogen and oxygen atoms in total. The van der Waals surface area contributed by atoms with Crippen molar-refractivity contribution in [1.29, 1.82) is 0 Å². The number of ketones is 4. The summed E-state index contributed by atoms with van der Waals surface area (Å²) in [6.45, 7) is 10.8. The summed E-state index contributed by atoms with van der Waals surface area (Å²) >= 11 is 0. The minimum Gasteiger partial charge on any atom is -0.308 e. The summed E-state index contributed by atoms with van der Waals surface area (Å²) in [5, 5.41) is 0. The van der Waals surface area contributed by atoms with E-state index < -0.39 is 46.4 Å². The predicted molar refractivity (Wildman–Crippen MR) is 158 cm³/mol. The van der Waals surface area contributed by atoms with Crippen molar-refractivity contribution in [2.24, 2.45) is 0 Å². The average molecular weight is 577 g/mol. The van der Waals surface area contributed by atoms with Gasteiger partial charge in [0.2, 0.25) is 23.1 Å². The van der Waals surface area contributed by atoms with E-state index in [1.807, 2.05) is 60.7 Å². The van der Waals surface area contributed by atoms with Gasteiger partial charge in [0.15, 0.2) is 0 Å². The summed E-state index contributed by atoms with van der Waals surface area (Å²) in [7, 11) is 0. The fourth-order valence-corrected chi connectivity index (χ4v) is 3.91. The van der Waals surface area contributed by atoms with Gasteiger partial charge in [-0.25, -0.2) is 0 Å². The molecule has 4 N–H and O–H groups in total. The second kappa shape index (κ2) is 14.3. The summed E-state index contributed by atoms with van der Waals surface area (Å²) in [6.07, 6.45) is 2.74. The second-order valence-electron chi connectivity index (χ2n) is 11.9. The van der Waals surface area contributed by atoms with Crippen molar-refractivity contribution in [2.75, 3.05) is 0 Å². The molecule has 42 heavy (non-hydrogen) atoms. The van der Waals surface area contributed by atoms with Crippen molar-refractivity contribution < 1.29 is 28.9 Å². The summed E-state index contributed by atoms with van der Waals surface area (Å²) in [6, 6.07) is 16.3. The minimum atomic E-state index is -1.05. The Hall–Kier alpha value is -3.96. The van der Waals surface area contributed by atoms with E-state index >= 15 is 0 Å². The van der Waals surface area contributed by atoms with Gasteiger partial charge in [0.1, 0.15) is 12.1 Å². The summed E-state index contributed by atoms with van der Waals surface area (Å²) in [5.74, 6) is -3.53. The fraction of sp³-hybridized carbons (Fsp3) is 0.375. The highest BCUT2D eigenvalue weighted by Gasteiger charge is 2.37. The van der Waals surface area contributed by atoms with Gasteiger partial charge in [-0.3, -0.25) is 28.9 Å². The van der Waals surface area contributed by atoms with Crippen LogP contribution in [0.4, 0.5) is 0 Å². The number of rotatable bonds is 14. The zero-order valence-corrected chi connectivity index (χ0v) is 24.9. The number of carbonyl (C=O) groups excluding carboxylic acids is 4. The molecule has 2 aromatic rings. The molecule has 0 unspecified atom stereocenters. The molecule has 0 radical (unpaired) electrons. The van der Waals surface area contributed by atoms with Gasteiger partial charge in [-0.1, -0.05) is 60.7 Å². The van der Waals surface area contributed by atoms with Crippen LogP contribution >= 0.6 is 0 Å². The largest absolute Gasteiger partial charge is 0.308 e. The molecule has 1 heterocycles. The Morgan fingerprint density at radius 1 is 0.619 bits per heavy atom. The van der Waals surface area contributed by atoms with Gasteiger partial charge in [0.25, 0.3) is 0 Å². The van der Waals surface area contributed by atoms with Gasteiger partial charge in [-0.2, -0.15) is 11.0 Å². The Morgan fingerprint density at radius 2 is 0.952 bits per heavy atom. The summed E-state index contributed by atoms with van der Waals surface area (Å²) < 4.78 is 0. The lowest BCUT2D eigenvalue weighted by Crippen LogP contribution is -2.48. The van der Waals surface area contributed by atoms with Crippen LogP contribution in [0.25, 0.3) is 0 Å². The Balaban J connectivity index is 1.84. The molecule has 10 heteroatoms. The zero-order valence-electron chi connectivity index (χ0n) is 24.9. The van der Waals surface area contributed by atoms with Crippen molar-refractivity contribution in [3.05, 3.63) is 95.3 Å². The topological polar surface area (TPSA) is 135 Å². The third kappa shape index (κ3) is 9.85. The third-order valence-corrected chi connectivity index (χ3v) is 5.96. The number of nitrogens with one attached hydrogen (secondary N) is 4. The Labute approximate surface area is 246 Å². The van der Waals surface area contributed by atoms with Gasteiger partial charge in [0.05, 0.1) is 22.3 Å². The highest BCUT2D eigenvalue weighted by molar-refractivity contribution is 6.53. The number of hydroxylamine groups is 2. The SMILES string of the molecule is CC(C)(C)ON[C@@H](Cc1ccccc1)C(=O)C(=O)C1=CNNC=C1C(=O)C(=O)[C@H](Cc1ccccc1)NOC(C)(C)C. The molecule has 0 aromatic heterocycles. The van der Waals surface area contributed by atoms with Crippen LogP contribution in [0.15, 0.2) is 84.2 Å².